The van der Waals surface area contributed by atoms with E-state index >= 15 is 0 Å². The maximum atomic E-state index is 12.8. The quantitative estimate of drug-likeness (QED) is 0.447. The van der Waals surface area contributed by atoms with Crippen LogP contribution in [0, 0.1) is 0 Å². The van der Waals surface area contributed by atoms with Crippen molar-refractivity contribution in [1.29, 1.82) is 0 Å². The summed E-state index contributed by atoms with van der Waals surface area (Å²) in [6.45, 7) is 0.502. The minimum Gasteiger partial charge on any atom is -0.480 e. The number of hydrogen-bond acceptors (Lipinski definition) is 6. The van der Waals surface area contributed by atoms with Gasteiger partial charge in [0.25, 0.3) is 0 Å². The molecule has 0 spiro atoms. The zero-order valence-electron chi connectivity index (χ0n) is 13.5. The molecule has 0 aromatic heterocycles. The summed E-state index contributed by atoms with van der Waals surface area (Å²) in [4.78, 5) is 37.1. The normalized spacial score (nSPS) is 28.3. The molecule has 1 amide bonds. The van der Waals surface area contributed by atoms with Gasteiger partial charge in [-0.3, -0.25) is 14.9 Å². The third-order valence-corrected chi connectivity index (χ3v) is 5.88. The standard InChI is InChI=1S/C15H25N3O5S/c16-7-2-1-4-10(14(20)21)17-9-5-3-6-12-18(13(9)19)11(8-24-12)15(22)23/h9-12,17H,1-8,16H2,(H,20,21)(H,22,23)/t9-,10?,11-,12+/m1/s1. The SMILES string of the molecule is NCCCCC(N[C@@H]1CCC[C@@H]2SC[C@H](C(=O)O)N2C1=O)C(=O)O. The van der Waals surface area contributed by atoms with Gasteiger partial charge in [-0.05, 0) is 38.6 Å². The van der Waals surface area contributed by atoms with Crippen LogP contribution in [0.25, 0.3) is 0 Å². The number of carbonyl (C=O) groups excluding carboxylic acids is 1. The molecule has 1 unspecified atom stereocenters. The maximum absolute atomic E-state index is 12.8. The second-order valence-corrected chi connectivity index (χ2v) is 7.42. The van der Waals surface area contributed by atoms with Crippen LogP contribution in [-0.2, 0) is 14.4 Å². The lowest BCUT2D eigenvalue weighted by atomic mass is 10.1. The number of nitrogens with two attached hydrogens (primary N) is 1. The van der Waals surface area contributed by atoms with Crippen molar-refractivity contribution in [3.63, 3.8) is 0 Å². The highest BCUT2D eigenvalue weighted by Crippen LogP contribution is 2.35. The van der Waals surface area contributed by atoms with Gasteiger partial charge in [-0.2, -0.15) is 0 Å². The lowest BCUT2D eigenvalue weighted by molar-refractivity contribution is -0.150. The number of carbonyl (C=O) groups is 3. The fourth-order valence-corrected chi connectivity index (χ4v) is 4.69. The minimum atomic E-state index is -1.00. The monoisotopic (exact) mass is 359 g/mol. The van der Waals surface area contributed by atoms with Gasteiger partial charge in [-0.25, -0.2) is 4.79 Å². The van der Waals surface area contributed by atoms with Crippen molar-refractivity contribution in [2.24, 2.45) is 5.73 Å². The Balaban J connectivity index is 2.06. The fourth-order valence-electron chi connectivity index (χ4n) is 3.24. The predicted molar refractivity (Wildman–Crippen MR) is 89.6 cm³/mol. The first-order chi connectivity index (χ1) is 11.5. The number of nitrogens with one attached hydrogen (secondary N) is 1. The Kier molecular flexibility index (Phi) is 6.88. The van der Waals surface area contributed by atoms with E-state index in [0.717, 1.165) is 19.3 Å². The van der Waals surface area contributed by atoms with Gasteiger partial charge < -0.3 is 20.8 Å². The summed E-state index contributed by atoms with van der Waals surface area (Å²) >= 11 is 1.49. The van der Waals surface area contributed by atoms with E-state index in [4.69, 9.17) is 5.73 Å². The number of rotatable bonds is 8. The van der Waals surface area contributed by atoms with Crippen LogP contribution in [0.4, 0.5) is 0 Å². The molecule has 9 heteroatoms. The van der Waals surface area contributed by atoms with Crippen molar-refractivity contribution >= 4 is 29.6 Å². The van der Waals surface area contributed by atoms with E-state index in [1.165, 1.54) is 16.7 Å². The summed E-state index contributed by atoms with van der Waals surface area (Å²) in [7, 11) is 0. The van der Waals surface area contributed by atoms with Crippen LogP contribution in [0.2, 0.25) is 0 Å². The molecule has 2 aliphatic heterocycles. The molecule has 0 aromatic rings. The van der Waals surface area contributed by atoms with Crippen LogP contribution in [0.5, 0.6) is 0 Å². The Morgan fingerprint density at radius 2 is 2.08 bits per heavy atom. The average molecular weight is 359 g/mol. The van der Waals surface area contributed by atoms with E-state index in [1.54, 1.807) is 0 Å². The first-order valence-corrected chi connectivity index (χ1v) is 9.36. The molecule has 2 saturated heterocycles. The number of aliphatic carboxylic acids is 2. The van der Waals surface area contributed by atoms with E-state index in [1.807, 2.05) is 0 Å². The number of unbranched alkanes of at least 4 members (excludes halogenated alkanes) is 1. The zero-order valence-corrected chi connectivity index (χ0v) is 14.3. The molecule has 0 radical (unpaired) electrons. The first kappa shape index (κ1) is 19.0. The molecule has 136 valence electrons. The molecular formula is C15H25N3O5S. The van der Waals surface area contributed by atoms with Crippen molar-refractivity contribution in [2.45, 2.75) is 62.0 Å². The van der Waals surface area contributed by atoms with E-state index in [0.29, 0.717) is 31.6 Å². The van der Waals surface area contributed by atoms with E-state index in [2.05, 4.69) is 5.32 Å². The number of carboxylic acids is 2. The highest BCUT2D eigenvalue weighted by molar-refractivity contribution is 8.00. The molecule has 24 heavy (non-hydrogen) atoms. The molecule has 8 nitrogen and oxygen atoms in total. The molecule has 0 bridgehead atoms. The van der Waals surface area contributed by atoms with Gasteiger partial charge in [0.1, 0.15) is 12.1 Å². The van der Waals surface area contributed by atoms with Gasteiger partial charge in [0.15, 0.2) is 0 Å². The summed E-state index contributed by atoms with van der Waals surface area (Å²) in [5.74, 6) is -1.90. The lowest BCUT2D eigenvalue weighted by Gasteiger charge is -2.29. The lowest BCUT2D eigenvalue weighted by Crippen LogP contribution is -2.55. The van der Waals surface area contributed by atoms with Crippen LogP contribution < -0.4 is 11.1 Å². The second-order valence-electron chi connectivity index (χ2n) is 6.21. The number of carboxylic acid groups (broad SMARTS) is 2. The molecule has 0 aromatic carbocycles. The molecule has 0 saturated carbocycles. The van der Waals surface area contributed by atoms with Gasteiger partial charge in [-0.1, -0.05) is 6.42 Å². The van der Waals surface area contributed by atoms with Crippen LogP contribution >= 0.6 is 11.8 Å². The second kappa shape index (κ2) is 8.68. The summed E-state index contributed by atoms with van der Waals surface area (Å²) in [6, 6.07) is -2.29. The summed E-state index contributed by atoms with van der Waals surface area (Å²) in [5, 5.41) is 21.5. The van der Waals surface area contributed by atoms with Gasteiger partial charge >= 0.3 is 11.9 Å². The first-order valence-electron chi connectivity index (χ1n) is 8.31. The largest absolute Gasteiger partial charge is 0.480 e. The predicted octanol–water partition coefficient (Wildman–Crippen LogP) is 0.0654. The third-order valence-electron chi connectivity index (χ3n) is 4.52. The maximum Gasteiger partial charge on any atom is 0.327 e. The van der Waals surface area contributed by atoms with E-state index in [9.17, 15) is 24.6 Å². The van der Waals surface area contributed by atoms with Crippen molar-refractivity contribution < 1.29 is 24.6 Å². The fraction of sp³-hybridized carbons (Fsp3) is 0.800. The van der Waals surface area contributed by atoms with Gasteiger partial charge in [0.2, 0.25) is 5.91 Å². The van der Waals surface area contributed by atoms with Crippen molar-refractivity contribution in [3.8, 4) is 0 Å². The van der Waals surface area contributed by atoms with E-state index in [-0.39, 0.29) is 11.3 Å². The number of nitrogens with zero attached hydrogens (tertiary/aromatic N) is 1. The topological polar surface area (TPSA) is 133 Å². The molecule has 0 aliphatic carbocycles. The summed E-state index contributed by atoms with van der Waals surface area (Å²) < 4.78 is 0. The highest BCUT2D eigenvalue weighted by Gasteiger charge is 2.45. The Morgan fingerprint density at radius 3 is 2.71 bits per heavy atom. The van der Waals surface area contributed by atoms with Gasteiger partial charge in [0, 0.05) is 5.75 Å². The van der Waals surface area contributed by atoms with Crippen molar-refractivity contribution in [2.75, 3.05) is 12.3 Å². The smallest absolute Gasteiger partial charge is 0.327 e. The molecule has 2 heterocycles. The van der Waals surface area contributed by atoms with Gasteiger partial charge in [-0.15, -0.1) is 11.8 Å². The van der Waals surface area contributed by atoms with Gasteiger partial charge in [0.05, 0.1) is 11.4 Å². The van der Waals surface area contributed by atoms with Crippen LogP contribution in [0.3, 0.4) is 0 Å². The number of hydrogen-bond donors (Lipinski definition) is 4. The molecule has 4 atom stereocenters. The van der Waals surface area contributed by atoms with Crippen LogP contribution in [-0.4, -0.2) is 68.8 Å². The van der Waals surface area contributed by atoms with E-state index < -0.39 is 30.1 Å². The Labute approximate surface area is 145 Å². The third kappa shape index (κ3) is 4.40. The molecular weight excluding hydrogens is 334 g/mol. The molecule has 5 N–H and O–H groups in total. The zero-order chi connectivity index (χ0) is 17.7. The van der Waals surface area contributed by atoms with Crippen LogP contribution in [0.1, 0.15) is 38.5 Å². The summed E-state index contributed by atoms with van der Waals surface area (Å²) in [6.07, 6.45) is 3.83. The molecule has 2 rings (SSSR count). The number of fused-ring (bicyclic) bond motifs is 1. The average Bonchev–Trinajstić information content (AvgIpc) is 2.89. The Morgan fingerprint density at radius 1 is 1.33 bits per heavy atom. The van der Waals surface area contributed by atoms with Crippen LogP contribution in [0.15, 0.2) is 0 Å². The number of amides is 1. The Hall–Kier alpha value is -1.32. The van der Waals surface area contributed by atoms with Crippen molar-refractivity contribution in [1.82, 2.24) is 10.2 Å². The Bertz CT molecular complexity index is 490. The molecule has 2 fully saturated rings. The minimum absolute atomic E-state index is 0.120. The van der Waals surface area contributed by atoms with Crippen molar-refractivity contribution in [3.05, 3.63) is 0 Å². The number of thioether (sulfide) groups is 1. The molecule has 2 aliphatic rings. The summed E-state index contributed by atoms with van der Waals surface area (Å²) in [5.41, 5.74) is 5.43. The highest BCUT2D eigenvalue weighted by atomic mass is 32.2.